The topological polar surface area (TPSA) is 123 Å². The molecule has 1 aromatic carbocycles. The van der Waals surface area contributed by atoms with Gasteiger partial charge in [0.25, 0.3) is 0 Å². The first-order valence-electron chi connectivity index (χ1n) is 8.30. The predicted molar refractivity (Wildman–Crippen MR) is 94.2 cm³/mol. The minimum atomic E-state index is -3.08. The molecular weight excluding hydrogens is 362 g/mol. The number of carbonyl (C=O) groups excluding carboxylic acids is 2. The van der Waals surface area contributed by atoms with Crippen molar-refractivity contribution in [3.05, 3.63) is 18.2 Å². The maximum Gasteiger partial charge on any atom is 0.315 e. The Hall–Kier alpha value is -2.49. The molecule has 2 aliphatic heterocycles. The third-order valence-corrected chi connectivity index (χ3v) is 5.89. The Kier molecular flexibility index (Phi) is 5.21. The molecule has 0 aliphatic carbocycles. The molecule has 0 bridgehead atoms. The van der Waals surface area contributed by atoms with Crippen LogP contribution in [0.15, 0.2) is 18.2 Å². The van der Waals surface area contributed by atoms with Gasteiger partial charge in [0, 0.05) is 17.8 Å². The summed E-state index contributed by atoms with van der Waals surface area (Å²) in [4.78, 5) is 24.2. The summed E-state index contributed by atoms with van der Waals surface area (Å²) >= 11 is 0. The summed E-state index contributed by atoms with van der Waals surface area (Å²) in [6.07, 6.45) is 0.382. The van der Waals surface area contributed by atoms with Crippen LogP contribution in [0.5, 0.6) is 11.5 Å². The van der Waals surface area contributed by atoms with Gasteiger partial charge in [-0.3, -0.25) is 4.79 Å². The van der Waals surface area contributed by atoms with Gasteiger partial charge in [0.2, 0.25) is 5.91 Å². The summed E-state index contributed by atoms with van der Waals surface area (Å²) in [5.74, 6) is 0.757. The molecule has 2 atom stereocenters. The number of hydrogen-bond acceptors (Lipinski definition) is 6. The van der Waals surface area contributed by atoms with Gasteiger partial charge in [0.1, 0.15) is 19.3 Å². The number of fused-ring (bicyclic) bond motifs is 1. The number of amides is 3. The second-order valence-electron chi connectivity index (χ2n) is 6.29. The molecule has 26 heavy (non-hydrogen) atoms. The molecule has 3 amide bonds. The van der Waals surface area contributed by atoms with E-state index in [1.807, 2.05) is 0 Å². The van der Waals surface area contributed by atoms with Gasteiger partial charge in [0.15, 0.2) is 21.3 Å². The lowest BCUT2D eigenvalue weighted by Crippen LogP contribution is -2.49. The molecule has 0 aromatic heterocycles. The minimum absolute atomic E-state index is 0.0676. The fourth-order valence-electron chi connectivity index (χ4n) is 2.77. The molecule has 10 heteroatoms. The maximum absolute atomic E-state index is 12.2. The predicted octanol–water partition coefficient (Wildman–Crippen LogP) is 0.271. The van der Waals surface area contributed by atoms with Gasteiger partial charge in [0.05, 0.1) is 11.5 Å². The van der Waals surface area contributed by atoms with Gasteiger partial charge >= 0.3 is 6.03 Å². The zero-order valence-corrected chi connectivity index (χ0v) is 15.1. The number of sulfone groups is 1. The van der Waals surface area contributed by atoms with E-state index in [1.54, 1.807) is 25.1 Å². The highest BCUT2D eigenvalue weighted by Gasteiger charge is 2.29. The van der Waals surface area contributed by atoms with Gasteiger partial charge in [-0.15, -0.1) is 0 Å². The van der Waals surface area contributed by atoms with Crippen molar-refractivity contribution in [1.82, 2.24) is 10.6 Å². The molecule has 2 aliphatic rings. The smallest absolute Gasteiger partial charge is 0.315 e. The molecule has 142 valence electrons. The first kappa shape index (κ1) is 18.3. The summed E-state index contributed by atoms with van der Waals surface area (Å²) < 4.78 is 33.7. The molecule has 0 radical (unpaired) electrons. The Balaban J connectivity index is 1.50. The molecule has 0 saturated carbocycles. The van der Waals surface area contributed by atoms with E-state index in [9.17, 15) is 18.0 Å². The molecule has 2 heterocycles. The molecule has 9 nitrogen and oxygen atoms in total. The van der Waals surface area contributed by atoms with E-state index in [0.717, 1.165) is 0 Å². The van der Waals surface area contributed by atoms with Crippen LogP contribution in [0, 0.1) is 0 Å². The molecule has 3 rings (SSSR count). The number of rotatable bonds is 4. The Morgan fingerprint density at radius 2 is 1.92 bits per heavy atom. The van der Waals surface area contributed by atoms with E-state index in [1.165, 1.54) is 0 Å². The second-order valence-corrected chi connectivity index (χ2v) is 8.52. The van der Waals surface area contributed by atoms with Crippen LogP contribution in [0.1, 0.15) is 13.3 Å². The van der Waals surface area contributed by atoms with E-state index in [2.05, 4.69) is 16.0 Å². The van der Waals surface area contributed by atoms with Crippen LogP contribution < -0.4 is 25.4 Å². The van der Waals surface area contributed by atoms with Gasteiger partial charge in [-0.25, -0.2) is 13.2 Å². The summed E-state index contributed by atoms with van der Waals surface area (Å²) in [5.41, 5.74) is 0.523. The number of benzene rings is 1. The van der Waals surface area contributed by atoms with Crippen molar-refractivity contribution in [2.24, 2.45) is 0 Å². The highest BCUT2D eigenvalue weighted by molar-refractivity contribution is 7.91. The number of carbonyl (C=O) groups is 2. The van der Waals surface area contributed by atoms with Crippen molar-refractivity contribution in [3.63, 3.8) is 0 Å². The van der Waals surface area contributed by atoms with Crippen molar-refractivity contribution >= 4 is 27.5 Å². The van der Waals surface area contributed by atoms with Crippen LogP contribution in [0.4, 0.5) is 10.5 Å². The quantitative estimate of drug-likeness (QED) is 0.686. The van der Waals surface area contributed by atoms with Crippen LogP contribution in [-0.2, 0) is 14.6 Å². The average Bonchev–Trinajstić information content (AvgIpc) is 2.93. The lowest BCUT2D eigenvalue weighted by Gasteiger charge is -2.20. The number of nitrogens with one attached hydrogen (secondary N) is 3. The molecule has 3 N–H and O–H groups in total. The lowest BCUT2D eigenvalue weighted by atomic mass is 10.2. The molecule has 1 fully saturated rings. The summed E-state index contributed by atoms with van der Waals surface area (Å²) in [7, 11) is -3.08. The SMILES string of the molecule is C[C@H](NC(=O)N[C@H]1CCS(=O)(=O)C1)C(=O)Nc1ccc2c(c1)OCCO2. The second kappa shape index (κ2) is 7.40. The molecule has 1 saturated heterocycles. The van der Waals surface area contributed by atoms with E-state index in [0.29, 0.717) is 36.8 Å². The van der Waals surface area contributed by atoms with Gasteiger partial charge < -0.3 is 25.4 Å². The summed E-state index contributed by atoms with van der Waals surface area (Å²) in [6.45, 7) is 2.47. The molecule has 0 spiro atoms. The fraction of sp³-hybridized carbons (Fsp3) is 0.500. The molecule has 1 aromatic rings. The van der Waals surface area contributed by atoms with Crippen LogP contribution >= 0.6 is 0 Å². The standard InChI is InChI=1S/C16H21N3O6S/c1-10(17-16(21)19-12-4-7-26(22,23)9-12)15(20)18-11-2-3-13-14(8-11)25-6-5-24-13/h2-3,8,10,12H,4-7,9H2,1H3,(H,18,20)(H2,17,19,21)/t10-,12-/m0/s1. The van der Waals surface area contributed by atoms with Crippen LogP contribution in [-0.4, -0.2) is 57.2 Å². The van der Waals surface area contributed by atoms with E-state index >= 15 is 0 Å². The zero-order valence-electron chi connectivity index (χ0n) is 14.3. The van der Waals surface area contributed by atoms with E-state index in [4.69, 9.17) is 9.47 Å². The fourth-order valence-corrected chi connectivity index (χ4v) is 4.44. The normalized spacial score (nSPS) is 21.5. The largest absolute Gasteiger partial charge is 0.486 e. The molecular formula is C16H21N3O6S. The van der Waals surface area contributed by atoms with Crippen molar-refractivity contribution < 1.29 is 27.5 Å². The van der Waals surface area contributed by atoms with Crippen molar-refractivity contribution in [3.8, 4) is 11.5 Å². The number of ether oxygens (including phenoxy) is 2. The van der Waals surface area contributed by atoms with Gasteiger partial charge in [-0.2, -0.15) is 0 Å². The maximum atomic E-state index is 12.2. The van der Waals surface area contributed by atoms with Crippen molar-refractivity contribution in [1.29, 1.82) is 0 Å². The summed E-state index contributed by atoms with van der Waals surface area (Å²) in [5, 5.41) is 7.77. The van der Waals surface area contributed by atoms with E-state index in [-0.39, 0.29) is 11.5 Å². The summed E-state index contributed by atoms with van der Waals surface area (Å²) in [6, 6.07) is 3.24. The first-order valence-corrected chi connectivity index (χ1v) is 10.1. The Labute approximate surface area is 151 Å². The number of anilines is 1. The third-order valence-electron chi connectivity index (χ3n) is 4.12. The third kappa shape index (κ3) is 4.57. The zero-order chi connectivity index (χ0) is 18.7. The Morgan fingerprint density at radius 3 is 2.62 bits per heavy atom. The minimum Gasteiger partial charge on any atom is -0.486 e. The Bertz CT molecular complexity index is 810. The lowest BCUT2D eigenvalue weighted by molar-refractivity contribution is -0.117. The van der Waals surface area contributed by atoms with Crippen molar-refractivity contribution in [2.75, 3.05) is 30.0 Å². The van der Waals surface area contributed by atoms with Crippen molar-refractivity contribution in [2.45, 2.75) is 25.4 Å². The number of hydrogen-bond donors (Lipinski definition) is 3. The monoisotopic (exact) mass is 383 g/mol. The van der Waals surface area contributed by atoms with E-state index < -0.39 is 33.9 Å². The Morgan fingerprint density at radius 1 is 1.19 bits per heavy atom. The van der Waals surface area contributed by atoms with Gasteiger partial charge in [-0.1, -0.05) is 0 Å². The van der Waals surface area contributed by atoms with Crippen LogP contribution in [0.3, 0.4) is 0 Å². The molecule has 0 unspecified atom stereocenters. The first-order chi connectivity index (χ1) is 12.3. The highest BCUT2D eigenvalue weighted by atomic mass is 32.2. The number of urea groups is 1. The van der Waals surface area contributed by atoms with Gasteiger partial charge in [-0.05, 0) is 25.5 Å². The average molecular weight is 383 g/mol. The van der Waals surface area contributed by atoms with Crippen LogP contribution in [0.2, 0.25) is 0 Å². The highest BCUT2D eigenvalue weighted by Crippen LogP contribution is 2.32. The van der Waals surface area contributed by atoms with Crippen LogP contribution in [0.25, 0.3) is 0 Å².